The van der Waals surface area contributed by atoms with Gasteiger partial charge in [0.1, 0.15) is 33.3 Å². The third kappa shape index (κ3) is 27.6. The van der Waals surface area contributed by atoms with Gasteiger partial charge >= 0.3 is 118 Å². The van der Waals surface area contributed by atoms with Gasteiger partial charge in [-0.1, -0.05) is 117 Å². The van der Waals surface area contributed by atoms with Crippen LogP contribution in [0, 0.1) is 13.8 Å². The monoisotopic (exact) mass is 1840 g/mol. The molecule has 6 aliphatic rings. The Morgan fingerprint density at radius 1 is 0.421 bits per heavy atom. The van der Waals surface area contributed by atoms with Crippen LogP contribution in [0.15, 0.2) is 210 Å². The van der Waals surface area contributed by atoms with Crippen molar-refractivity contribution in [2.75, 3.05) is 71.3 Å². The standard InChI is InChI=1S/C45H54N2O9S4.C41H54N2O10S4.4Na/c1-32-18-22-39-37(30-32)44(2,3)41(46(39)26-9-11-28-58(48,49)50)24-19-33-14-13-15-34(43(33)57-35-16-7-6-8-17-35)20-25-42-45(4,5)38-31-36(60(54,55)56)21-23-40(38)47(42)27-10-12-29-59(51,52)53;1-29-13-17-35-33(27-29)40(2,3)37(42(35)21-6-8-25-55(45,46)47)19-14-30-11-10-12-31(39(30)54-24-23-44)15-20-38-41(4,5)34-28-32(57(51,52)53)16-18-36(34)43(38)22-7-9-26-56(48,49)50;;;;/h6-8,16-25,30-31H,9-15,26-29H2,1-5H3,(H2-,48,49,50,51,52,53,54,55,56);13-20,27-28,44H,6-12,21-26H2,1-5H3,(H2-,45,46,47,48,49,50,51,52,53);;;;/q;;4*+1/p-4. The number of benzene rings is 5. The first-order valence-electron chi connectivity index (χ1n) is 39.3. The van der Waals surface area contributed by atoms with Crippen molar-refractivity contribution >= 4 is 118 Å². The number of hydrogen-bond donors (Lipinski definition) is 1. The van der Waals surface area contributed by atoms with Crippen molar-refractivity contribution in [3.63, 3.8) is 0 Å². The van der Waals surface area contributed by atoms with Gasteiger partial charge in [0.05, 0.1) is 67.7 Å². The summed E-state index contributed by atoms with van der Waals surface area (Å²) in [6, 6.07) is 31.5. The van der Waals surface area contributed by atoms with Crippen molar-refractivity contribution in [1.82, 2.24) is 0 Å². The van der Waals surface area contributed by atoms with E-state index in [4.69, 9.17) is 0 Å². The third-order valence-corrected chi connectivity index (χ3v) is 29.8. The molecule has 0 amide bonds. The largest absolute Gasteiger partial charge is 1.00 e. The molecule has 4 aliphatic heterocycles. The zero-order valence-electron chi connectivity index (χ0n) is 71.8. The van der Waals surface area contributed by atoms with Crippen LogP contribution in [0.25, 0.3) is 0 Å². The van der Waals surface area contributed by atoms with Crippen LogP contribution in [0.2, 0.25) is 0 Å². The summed E-state index contributed by atoms with van der Waals surface area (Å²) < 4.78 is 213. The first-order chi connectivity index (χ1) is 54.6. The second-order valence-electron chi connectivity index (χ2n) is 32.6. The van der Waals surface area contributed by atoms with Crippen molar-refractivity contribution < 1.29 is 210 Å². The van der Waals surface area contributed by atoms with Crippen molar-refractivity contribution in [3.05, 3.63) is 229 Å². The fourth-order valence-corrected chi connectivity index (χ4v) is 21.9. The second kappa shape index (κ2) is 44.1. The van der Waals surface area contributed by atoms with Crippen LogP contribution in [0.1, 0.15) is 179 Å². The number of hydrogen-bond acceptors (Lipinski definition) is 23. The van der Waals surface area contributed by atoms with Gasteiger partial charge in [-0.2, -0.15) is 9.15 Å². The number of rotatable bonds is 33. The van der Waals surface area contributed by atoms with Gasteiger partial charge in [0.2, 0.25) is 11.4 Å². The summed E-state index contributed by atoms with van der Waals surface area (Å²) in [4.78, 5) is 7.03. The van der Waals surface area contributed by atoms with Crippen LogP contribution in [-0.4, -0.2) is 165 Å². The average molecular weight is 1850 g/mol. The molecular weight excluding hydrogens is 1740 g/mol. The van der Waals surface area contributed by atoms with Crippen molar-refractivity contribution in [1.29, 1.82) is 0 Å². The molecule has 0 spiro atoms. The maximum absolute atomic E-state index is 12.1. The summed E-state index contributed by atoms with van der Waals surface area (Å²) in [5.41, 5.74) is 15.5. The van der Waals surface area contributed by atoms with E-state index in [0.29, 0.717) is 74.4 Å². The van der Waals surface area contributed by atoms with E-state index in [1.807, 2.05) is 67.2 Å². The van der Waals surface area contributed by atoms with Gasteiger partial charge in [-0.25, -0.2) is 50.5 Å². The van der Waals surface area contributed by atoms with E-state index >= 15 is 0 Å². The zero-order chi connectivity index (χ0) is 85.7. The average Bonchev–Trinajstić information content (AvgIpc) is 1.61. The number of thioether (sulfide) groups is 2. The first kappa shape index (κ1) is 107. The van der Waals surface area contributed by atoms with Gasteiger partial charge in [-0.3, -0.25) is 0 Å². The molecule has 5 aromatic carbocycles. The predicted molar refractivity (Wildman–Crippen MR) is 457 cm³/mol. The number of aliphatic hydroxyl groups is 1. The van der Waals surface area contributed by atoms with Gasteiger partial charge in [-0.05, 0) is 213 Å². The van der Waals surface area contributed by atoms with E-state index in [2.05, 4.69) is 136 Å². The molecular formula is C86H104N4Na4O19S8. The molecule has 11 rings (SSSR count). The van der Waals surface area contributed by atoms with Gasteiger partial charge < -0.3 is 42.2 Å². The van der Waals surface area contributed by atoms with Crippen LogP contribution >= 0.6 is 23.5 Å². The molecule has 23 nitrogen and oxygen atoms in total. The topological polar surface area (TPSA) is 376 Å². The van der Waals surface area contributed by atoms with Crippen LogP contribution in [-0.2, 0) is 82.4 Å². The van der Waals surface area contributed by atoms with E-state index < -0.39 is 94.6 Å². The number of anilines is 2. The summed E-state index contributed by atoms with van der Waals surface area (Å²) in [5.74, 6) is -1.31. The van der Waals surface area contributed by atoms with E-state index in [0.717, 1.165) is 132 Å². The first-order valence-corrected chi connectivity index (χ1v) is 50.2. The number of nitrogens with zero attached hydrogens (tertiary/aromatic N) is 4. The third-order valence-electron chi connectivity index (χ3n) is 22.5. The molecule has 4 heterocycles. The van der Waals surface area contributed by atoms with E-state index in [1.54, 1.807) is 35.7 Å². The van der Waals surface area contributed by atoms with Gasteiger partial charge in [-0.15, -0.1) is 11.8 Å². The summed E-state index contributed by atoms with van der Waals surface area (Å²) in [6.45, 7) is 22.5. The number of aryl methyl sites for hydroxylation is 2. The van der Waals surface area contributed by atoms with Gasteiger partial charge in [0, 0.05) is 138 Å². The molecule has 0 bridgehead atoms. The van der Waals surface area contributed by atoms with Crippen molar-refractivity contribution in [2.24, 2.45) is 0 Å². The Labute approximate surface area is 814 Å². The minimum atomic E-state index is -4.73. The minimum Gasteiger partial charge on any atom is -0.748 e. The second-order valence-corrected chi connectivity index (χ2v) is 43.7. The van der Waals surface area contributed by atoms with Crippen LogP contribution in [0.4, 0.5) is 22.7 Å². The fourth-order valence-electron chi connectivity index (χ4n) is 16.6. The Bertz CT molecular complexity index is 5740. The SMILES string of the molecule is Cc1ccc2c(c1)C(C)(C)C(=CC=C1CCCC(C=CC3=[N+](CCCCS(=O)(=O)[O-])c4ccc(S(=O)(=O)[O-])cc4C3(C)C)=C1SCCO)N2CCCCS(=O)(=O)[O-].Cc1ccc2c(c1)C(C)(C)C(=CC=C1CCCC(C=CC3=[N+](CCCCS(=O)(=O)[O-])c4ccc(S(=O)(=O)[O-])cc4C3(C)C)=C1Sc1ccccc1)N2CCCCS(=O)(=O)[O-].[Na+].[Na+].[Na+].[Na+]. The maximum Gasteiger partial charge on any atom is 1.00 e. The number of allylic oxidation sites excluding steroid dienone is 14. The zero-order valence-corrected chi connectivity index (χ0v) is 86.3. The fraction of sp³-hybridized carbons (Fsp3) is 0.442. The van der Waals surface area contributed by atoms with Crippen LogP contribution in [0.5, 0.6) is 0 Å². The smallest absolute Gasteiger partial charge is 0.748 e. The Kier molecular flexibility index (Phi) is 39.0. The molecule has 0 radical (unpaired) electrons. The molecule has 5 aromatic rings. The summed E-state index contributed by atoms with van der Waals surface area (Å²) in [7, 11) is -26.8. The molecule has 2 aliphatic carbocycles. The quantitative estimate of drug-likeness (QED) is 0.0273. The molecule has 0 aromatic heterocycles. The van der Waals surface area contributed by atoms with Gasteiger partial charge in [0.15, 0.2) is 11.4 Å². The van der Waals surface area contributed by atoms with Crippen LogP contribution < -0.4 is 128 Å². The Balaban J connectivity index is 0.000000363. The molecule has 1 N–H and O–H groups in total. The summed E-state index contributed by atoms with van der Waals surface area (Å²) in [5, 5.41) is 9.90. The summed E-state index contributed by atoms with van der Waals surface area (Å²) in [6.07, 6.45) is 24.5. The normalized spacial score (nSPS) is 18.8. The van der Waals surface area contributed by atoms with Crippen LogP contribution in [0.3, 0.4) is 0 Å². The predicted octanol–water partition coefficient (Wildman–Crippen LogP) is 2.59. The number of fused-ring (bicyclic) bond motifs is 4. The molecule has 0 unspecified atom stereocenters. The molecule has 35 heteroatoms. The summed E-state index contributed by atoms with van der Waals surface area (Å²) >= 11 is 3.26. The van der Waals surface area contributed by atoms with E-state index in [1.165, 1.54) is 29.8 Å². The van der Waals surface area contributed by atoms with Gasteiger partial charge in [0.25, 0.3) is 0 Å². The Morgan fingerprint density at radius 2 is 0.793 bits per heavy atom. The molecule has 0 fully saturated rings. The Hall–Kier alpha value is -2.92. The molecule has 0 saturated carbocycles. The van der Waals surface area contributed by atoms with Crippen molar-refractivity contribution in [3.8, 4) is 0 Å². The van der Waals surface area contributed by atoms with E-state index in [9.17, 15) is 82.9 Å². The molecule has 0 saturated heterocycles. The minimum absolute atomic E-state index is 0. The van der Waals surface area contributed by atoms with Crippen molar-refractivity contribution in [2.45, 2.75) is 195 Å². The molecule has 634 valence electrons. The molecule has 121 heavy (non-hydrogen) atoms. The molecule has 0 atom stereocenters. The maximum atomic E-state index is 12.1. The Morgan fingerprint density at radius 3 is 1.17 bits per heavy atom. The van der Waals surface area contributed by atoms with E-state index in [-0.39, 0.29) is 171 Å². The number of aliphatic hydroxyl groups excluding tert-OH is 1. The number of unbranched alkanes of at least 4 members (excludes halogenated alkanes) is 4.